The molecule has 0 aliphatic heterocycles. The van der Waals surface area contributed by atoms with E-state index in [1.807, 2.05) is 0 Å². The van der Waals surface area contributed by atoms with Crippen LogP contribution in [0.25, 0.3) is 0 Å². The fourth-order valence-electron chi connectivity index (χ4n) is 0.771. The zero-order valence-electron chi connectivity index (χ0n) is 10.1. The average molecular weight is 311 g/mol. The minimum absolute atomic E-state index is 0. The Labute approximate surface area is 127 Å². The van der Waals surface area contributed by atoms with Gasteiger partial charge in [0.05, 0.1) is 0 Å². The molecular weight excluding hydrogens is 299 g/mol. The van der Waals surface area contributed by atoms with Gasteiger partial charge in [0, 0.05) is 35.1 Å². The molecule has 8 nitrogen and oxygen atoms in total. The molecule has 0 aliphatic carbocycles. The van der Waals surface area contributed by atoms with Crippen LogP contribution in [0.1, 0.15) is 13.8 Å². The van der Waals surface area contributed by atoms with Crippen LogP contribution in [0.5, 0.6) is 0 Å². The van der Waals surface area contributed by atoms with Crippen molar-refractivity contribution in [2.24, 2.45) is 0 Å². The molecule has 0 spiro atoms. The maximum atomic E-state index is 11.1. The number of hydrogen-bond acceptors (Lipinski definition) is 6. The van der Waals surface area contributed by atoms with Crippen LogP contribution in [-0.2, 0) is 29.8 Å². The molecule has 2 N–H and O–H groups in total. The van der Waals surface area contributed by atoms with Gasteiger partial charge in [-0.3, -0.25) is 9.11 Å². The first kappa shape index (κ1) is 20.3. The van der Waals surface area contributed by atoms with Gasteiger partial charge in [-0.25, -0.2) is 4.79 Å². The van der Waals surface area contributed by atoms with Gasteiger partial charge >= 0.3 is 16.1 Å². The topological polar surface area (TPSA) is 135 Å². The Morgan fingerprint density at radius 2 is 1.67 bits per heavy atom. The van der Waals surface area contributed by atoms with Crippen molar-refractivity contribution in [2.45, 2.75) is 18.8 Å². The Bertz CT molecular complexity index is 534. The largest absolute Gasteiger partial charge is 0.436 e. The molecule has 0 heterocycles. The Hall–Kier alpha value is 0.0300. The van der Waals surface area contributed by atoms with E-state index >= 15 is 0 Å². The third-order valence-corrected chi connectivity index (χ3v) is 4.06. The van der Waals surface area contributed by atoms with Crippen LogP contribution in [0.2, 0.25) is 0 Å². The smallest absolute Gasteiger partial charge is 0.334 e. The molecule has 0 saturated carbocycles. The summed E-state index contributed by atoms with van der Waals surface area (Å²) in [5.74, 6) is -2.70. The SMILES string of the molecule is C=C(C)C(=O)OC(C)(CS(=O)(=O)O)S(=O)(=O)O.[Na]. The zero-order chi connectivity index (χ0) is 14.1. The van der Waals surface area contributed by atoms with Crippen LogP contribution in [-0.4, -0.2) is 72.2 Å². The van der Waals surface area contributed by atoms with Crippen LogP contribution < -0.4 is 0 Å². The van der Waals surface area contributed by atoms with Crippen molar-refractivity contribution < 1.29 is 35.5 Å². The van der Waals surface area contributed by atoms with Gasteiger partial charge in [0.15, 0.2) is 0 Å². The van der Waals surface area contributed by atoms with Crippen molar-refractivity contribution in [2.75, 3.05) is 5.75 Å². The molecule has 0 rings (SSSR count). The summed E-state index contributed by atoms with van der Waals surface area (Å²) in [7, 11) is -9.83. The standard InChI is InChI=1S/C7H12O8S2.Na/c1-5(2)6(8)15-7(3,17(12,13)14)4-16(9,10)11;/h1,4H2,2-3H3,(H,9,10,11)(H,12,13,14);. The summed E-state index contributed by atoms with van der Waals surface area (Å²) in [6.45, 7) is 4.99. The van der Waals surface area contributed by atoms with Crippen molar-refractivity contribution >= 4 is 55.8 Å². The van der Waals surface area contributed by atoms with E-state index < -0.39 is 36.9 Å². The number of hydrogen-bond donors (Lipinski definition) is 2. The van der Waals surface area contributed by atoms with Gasteiger partial charge in [-0.15, -0.1) is 0 Å². The fraction of sp³-hybridized carbons (Fsp3) is 0.571. The minimum atomic E-state index is -5.05. The van der Waals surface area contributed by atoms with E-state index in [1.165, 1.54) is 6.92 Å². The number of rotatable bonds is 5. The molecule has 1 unspecified atom stereocenters. The molecule has 11 heteroatoms. The molecule has 0 saturated heterocycles. The molecule has 0 fully saturated rings. The molecule has 0 aromatic rings. The molecule has 18 heavy (non-hydrogen) atoms. The second-order valence-corrected chi connectivity index (χ2v) is 6.77. The monoisotopic (exact) mass is 311 g/mol. The molecule has 0 aliphatic rings. The summed E-state index contributed by atoms with van der Waals surface area (Å²) < 4.78 is 64.8. The van der Waals surface area contributed by atoms with Crippen molar-refractivity contribution in [3.8, 4) is 0 Å². The first-order valence-electron chi connectivity index (χ1n) is 4.09. The van der Waals surface area contributed by atoms with E-state index in [0.717, 1.165) is 0 Å². The molecule has 101 valence electrons. The first-order chi connectivity index (χ1) is 7.28. The minimum Gasteiger partial charge on any atom is -0.436 e. The number of carbonyl (C=O) groups is 1. The number of ether oxygens (including phenoxy) is 1. The first-order valence-corrected chi connectivity index (χ1v) is 7.14. The summed E-state index contributed by atoms with van der Waals surface area (Å²) in [6, 6.07) is 0. The Morgan fingerprint density at radius 1 is 1.28 bits per heavy atom. The van der Waals surface area contributed by atoms with Gasteiger partial charge in [-0.2, -0.15) is 16.8 Å². The summed E-state index contributed by atoms with van der Waals surface area (Å²) in [6.07, 6.45) is 0. The summed E-state index contributed by atoms with van der Waals surface area (Å²) >= 11 is 0. The Morgan fingerprint density at radius 3 is 1.89 bits per heavy atom. The van der Waals surface area contributed by atoms with Gasteiger partial charge < -0.3 is 4.74 Å². The van der Waals surface area contributed by atoms with Gasteiger partial charge in [0.1, 0.15) is 5.75 Å². The maximum absolute atomic E-state index is 11.1. The van der Waals surface area contributed by atoms with Crippen LogP contribution in [0.4, 0.5) is 0 Å². The fourth-order valence-corrected chi connectivity index (χ4v) is 2.72. The van der Waals surface area contributed by atoms with Crippen LogP contribution >= 0.6 is 0 Å². The van der Waals surface area contributed by atoms with Crippen LogP contribution in [0, 0.1) is 0 Å². The molecule has 0 aromatic carbocycles. The average Bonchev–Trinajstić information content (AvgIpc) is 1.97. The van der Waals surface area contributed by atoms with Gasteiger partial charge in [0.2, 0.25) is 4.93 Å². The molecule has 0 bridgehead atoms. The van der Waals surface area contributed by atoms with E-state index in [9.17, 15) is 21.6 Å². The van der Waals surface area contributed by atoms with Crippen molar-refractivity contribution in [3.05, 3.63) is 12.2 Å². The third kappa shape index (κ3) is 6.27. The predicted molar refractivity (Wildman–Crippen MR) is 63.0 cm³/mol. The van der Waals surface area contributed by atoms with E-state index in [4.69, 9.17) is 9.11 Å². The van der Waals surface area contributed by atoms with Crippen LogP contribution in [0.15, 0.2) is 12.2 Å². The number of carbonyl (C=O) groups excluding carboxylic acids is 1. The molecular formula is C7H12NaO8S2. The van der Waals surface area contributed by atoms with Crippen LogP contribution in [0.3, 0.4) is 0 Å². The Kier molecular flexibility index (Phi) is 7.30. The van der Waals surface area contributed by atoms with Gasteiger partial charge in [-0.1, -0.05) is 6.58 Å². The van der Waals surface area contributed by atoms with E-state index in [-0.39, 0.29) is 35.1 Å². The molecule has 1 atom stereocenters. The van der Waals surface area contributed by atoms with E-state index in [1.54, 1.807) is 0 Å². The summed E-state index contributed by atoms with van der Waals surface area (Å²) in [5.41, 5.74) is -0.199. The second-order valence-electron chi connectivity index (χ2n) is 3.50. The maximum Gasteiger partial charge on any atom is 0.334 e. The van der Waals surface area contributed by atoms with Gasteiger partial charge in [0.25, 0.3) is 10.1 Å². The molecule has 0 aromatic heterocycles. The van der Waals surface area contributed by atoms with Crippen molar-refractivity contribution in [1.82, 2.24) is 0 Å². The summed E-state index contributed by atoms with van der Waals surface area (Å²) in [4.78, 5) is 8.32. The Balaban J connectivity index is 0. The molecule has 1 radical (unpaired) electrons. The van der Waals surface area contributed by atoms with E-state index in [2.05, 4.69) is 11.3 Å². The predicted octanol–water partition coefficient (Wildman–Crippen LogP) is -0.783. The van der Waals surface area contributed by atoms with Crippen molar-refractivity contribution in [1.29, 1.82) is 0 Å². The molecule has 0 amide bonds. The summed E-state index contributed by atoms with van der Waals surface area (Å²) in [5, 5.41) is 0. The second kappa shape index (κ2) is 6.46. The van der Waals surface area contributed by atoms with E-state index in [0.29, 0.717) is 6.92 Å². The van der Waals surface area contributed by atoms with Gasteiger partial charge in [-0.05, 0) is 13.8 Å². The quantitative estimate of drug-likeness (QED) is 0.292. The number of esters is 1. The normalized spacial score (nSPS) is 15.1. The third-order valence-electron chi connectivity index (χ3n) is 1.65. The van der Waals surface area contributed by atoms with Crippen molar-refractivity contribution in [3.63, 3.8) is 0 Å². The zero-order valence-corrected chi connectivity index (χ0v) is 13.7.